The summed E-state index contributed by atoms with van der Waals surface area (Å²) in [5.74, 6) is -0.197. The van der Waals surface area contributed by atoms with Crippen LogP contribution in [0.5, 0.6) is 5.75 Å². The number of carbonyl (C=O) groups is 2. The van der Waals surface area contributed by atoms with E-state index in [-0.39, 0.29) is 5.91 Å². The molecule has 8 heteroatoms. The first-order valence-electron chi connectivity index (χ1n) is 7.87. The van der Waals surface area contributed by atoms with Crippen molar-refractivity contribution in [1.29, 1.82) is 0 Å². The van der Waals surface area contributed by atoms with Crippen molar-refractivity contribution < 1.29 is 14.3 Å². The summed E-state index contributed by atoms with van der Waals surface area (Å²) in [5, 5.41) is 3.31. The first-order valence-corrected chi connectivity index (χ1v) is 10.3. The van der Waals surface area contributed by atoms with Gasteiger partial charge in [-0.25, -0.2) is 0 Å². The van der Waals surface area contributed by atoms with Crippen molar-refractivity contribution in [3.05, 3.63) is 48.7 Å². The third-order valence-electron chi connectivity index (χ3n) is 4.06. The van der Waals surface area contributed by atoms with Crippen LogP contribution >= 0.6 is 43.2 Å². The highest BCUT2D eigenvalue weighted by atomic mass is 79.9. The van der Waals surface area contributed by atoms with E-state index in [1.54, 1.807) is 13.2 Å². The number of fused-ring (bicyclic) bond motifs is 1. The van der Waals surface area contributed by atoms with Crippen molar-refractivity contribution in [2.45, 2.75) is 19.3 Å². The van der Waals surface area contributed by atoms with Crippen molar-refractivity contribution in [2.24, 2.45) is 5.73 Å². The van der Waals surface area contributed by atoms with E-state index >= 15 is 0 Å². The quantitative estimate of drug-likeness (QED) is 0.593. The number of hydrogen-bond acceptors (Lipinski definition) is 4. The second-order valence-corrected chi connectivity index (χ2v) is 8.63. The fraction of sp³-hybridized carbons (Fsp3) is 0.222. The lowest BCUT2D eigenvalue weighted by atomic mass is 10.1. The third-order valence-corrected chi connectivity index (χ3v) is 6.31. The molecule has 0 fully saturated rings. The van der Waals surface area contributed by atoms with Crippen LogP contribution in [0.2, 0.25) is 0 Å². The van der Waals surface area contributed by atoms with Crippen LogP contribution in [-0.2, 0) is 17.6 Å². The molecule has 0 saturated carbocycles. The van der Waals surface area contributed by atoms with Gasteiger partial charge in [0.25, 0.3) is 5.91 Å². The third kappa shape index (κ3) is 3.87. The first kappa shape index (κ1) is 19.1. The lowest BCUT2D eigenvalue weighted by Crippen LogP contribution is -2.16. The van der Waals surface area contributed by atoms with E-state index in [0.717, 1.165) is 44.2 Å². The molecule has 26 heavy (non-hydrogen) atoms. The molecule has 0 atom stereocenters. The summed E-state index contributed by atoms with van der Waals surface area (Å²) in [4.78, 5) is 25.3. The van der Waals surface area contributed by atoms with E-state index in [4.69, 9.17) is 10.5 Å². The number of halogens is 2. The zero-order valence-corrected chi connectivity index (χ0v) is 17.9. The molecule has 136 valence electrons. The number of nitrogens with one attached hydrogen (secondary N) is 1. The molecule has 5 nitrogen and oxygen atoms in total. The Balaban J connectivity index is 1.83. The van der Waals surface area contributed by atoms with Gasteiger partial charge in [0, 0.05) is 21.0 Å². The van der Waals surface area contributed by atoms with Gasteiger partial charge in [0.15, 0.2) is 0 Å². The molecule has 2 amide bonds. The van der Waals surface area contributed by atoms with E-state index in [2.05, 4.69) is 37.2 Å². The van der Waals surface area contributed by atoms with Gasteiger partial charge in [-0.3, -0.25) is 9.59 Å². The molecule has 0 aliphatic heterocycles. The number of hydrogen-bond donors (Lipinski definition) is 2. The Kier molecular flexibility index (Phi) is 5.84. The molecule has 0 unspecified atom stereocenters. The summed E-state index contributed by atoms with van der Waals surface area (Å²) in [6, 6.07) is 3.71. The SMILES string of the molecule is COc1c(Br)cc(Br)cc1C=CC(=O)Nc1sc2c(c1C(N)=O)CCC2. The summed E-state index contributed by atoms with van der Waals surface area (Å²) < 4.78 is 7.00. The molecule has 1 aliphatic rings. The Morgan fingerprint density at radius 2 is 2.08 bits per heavy atom. The molecule has 1 aromatic carbocycles. The molecule has 0 radical (unpaired) electrons. The number of rotatable bonds is 5. The van der Waals surface area contributed by atoms with Gasteiger partial charge < -0.3 is 15.8 Å². The summed E-state index contributed by atoms with van der Waals surface area (Å²) in [5.41, 5.74) is 7.70. The maximum Gasteiger partial charge on any atom is 0.251 e. The summed E-state index contributed by atoms with van der Waals surface area (Å²) in [6.07, 6.45) is 5.85. The minimum atomic E-state index is -0.499. The van der Waals surface area contributed by atoms with Crippen LogP contribution in [0, 0.1) is 0 Å². The van der Waals surface area contributed by atoms with Crippen molar-refractivity contribution in [1.82, 2.24) is 0 Å². The Labute approximate surface area is 171 Å². The van der Waals surface area contributed by atoms with Crippen LogP contribution in [-0.4, -0.2) is 18.9 Å². The van der Waals surface area contributed by atoms with Crippen LogP contribution in [0.15, 0.2) is 27.2 Å². The van der Waals surface area contributed by atoms with Crippen LogP contribution in [0.25, 0.3) is 6.08 Å². The molecule has 3 rings (SSSR count). The molecule has 1 heterocycles. The Hall–Kier alpha value is -1.64. The number of anilines is 1. The number of benzene rings is 1. The number of primary amides is 1. The number of ether oxygens (including phenoxy) is 1. The molecule has 1 aliphatic carbocycles. The number of thiophene rings is 1. The minimum Gasteiger partial charge on any atom is -0.495 e. The summed E-state index contributed by atoms with van der Waals surface area (Å²) in [6.45, 7) is 0. The van der Waals surface area contributed by atoms with Gasteiger partial charge in [0.05, 0.1) is 17.1 Å². The molecule has 1 aromatic heterocycles. The number of carbonyl (C=O) groups excluding carboxylic acids is 2. The Morgan fingerprint density at radius 1 is 1.31 bits per heavy atom. The average Bonchev–Trinajstić information content (AvgIpc) is 3.12. The van der Waals surface area contributed by atoms with E-state index in [1.807, 2.05) is 12.1 Å². The maximum atomic E-state index is 12.3. The van der Waals surface area contributed by atoms with Crippen molar-refractivity contribution in [3.63, 3.8) is 0 Å². The molecule has 3 N–H and O–H groups in total. The predicted octanol–water partition coefficient (Wildman–Crippen LogP) is 4.52. The van der Waals surface area contributed by atoms with Crippen molar-refractivity contribution in [2.75, 3.05) is 12.4 Å². The minimum absolute atomic E-state index is 0.328. The maximum absolute atomic E-state index is 12.3. The fourth-order valence-electron chi connectivity index (χ4n) is 2.99. The zero-order valence-electron chi connectivity index (χ0n) is 13.9. The van der Waals surface area contributed by atoms with Crippen LogP contribution in [0.4, 0.5) is 5.00 Å². The average molecular weight is 500 g/mol. The number of amides is 2. The van der Waals surface area contributed by atoms with Gasteiger partial charge in [-0.2, -0.15) is 0 Å². The highest BCUT2D eigenvalue weighted by molar-refractivity contribution is 9.11. The zero-order chi connectivity index (χ0) is 18.8. The smallest absolute Gasteiger partial charge is 0.251 e. The Morgan fingerprint density at radius 3 is 2.77 bits per heavy atom. The van der Waals surface area contributed by atoms with Crippen LogP contribution < -0.4 is 15.8 Å². The molecule has 0 saturated heterocycles. The van der Waals surface area contributed by atoms with Gasteiger partial charge in [-0.05, 0) is 59.0 Å². The second-order valence-electron chi connectivity index (χ2n) is 5.76. The largest absolute Gasteiger partial charge is 0.495 e. The van der Waals surface area contributed by atoms with E-state index < -0.39 is 5.91 Å². The second kappa shape index (κ2) is 7.94. The van der Waals surface area contributed by atoms with Crippen molar-refractivity contribution >= 4 is 66.1 Å². The molecule has 0 bridgehead atoms. The van der Waals surface area contributed by atoms with Crippen molar-refractivity contribution in [3.8, 4) is 5.75 Å². The molecule has 0 spiro atoms. The van der Waals surface area contributed by atoms with Gasteiger partial charge in [0.1, 0.15) is 10.8 Å². The van der Waals surface area contributed by atoms with Crippen LogP contribution in [0.1, 0.15) is 32.8 Å². The Bertz CT molecular complexity index is 922. The number of aryl methyl sites for hydroxylation is 1. The molecular weight excluding hydrogens is 484 g/mol. The van der Waals surface area contributed by atoms with Gasteiger partial charge in [0.2, 0.25) is 5.91 Å². The number of methoxy groups -OCH3 is 1. The van der Waals surface area contributed by atoms with E-state index in [9.17, 15) is 9.59 Å². The lowest BCUT2D eigenvalue weighted by molar-refractivity contribution is -0.111. The highest BCUT2D eigenvalue weighted by Gasteiger charge is 2.25. The van der Waals surface area contributed by atoms with Gasteiger partial charge in [-0.15, -0.1) is 11.3 Å². The summed E-state index contributed by atoms with van der Waals surface area (Å²) in [7, 11) is 1.57. The monoisotopic (exact) mass is 498 g/mol. The van der Waals surface area contributed by atoms with Gasteiger partial charge in [-0.1, -0.05) is 15.9 Å². The van der Waals surface area contributed by atoms with Crippen LogP contribution in [0.3, 0.4) is 0 Å². The lowest BCUT2D eigenvalue weighted by Gasteiger charge is -2.08. The predicted molar refractivity (Wildman–Crippen MR) is 111 cm³/mol. The van der Waals surface area contributed by atoms with E-state index in [1.165, 1.54) is 17.4 Å². The fourth-order valence-corrected chi connectivity index (χ4v) is 5.71. The topological polar surface area (TPSA) is 81.4 Å². The highest BCUT2D eigenvalue weighted by Crippen LogP contribution is 2.39. The summed E-state index contributed by atoms with van der Waals surface area (Å²) >= 11 is 8.28. The number of nitrogens with two attached hydrogens (primary N) is 1. The van der Waals surface area contributed by atoms with Gasteiger partial charge >= 0.3 is 0 Å². The first-order chi connectivity index (χ1) is 12.4. The standard InChI is InChI=1S/C18H16Br2N2O3S/c1-25-16-9(7-10(19)8-12(16)20)5-6-14(23)22-18-15(17(21)24)11-3-2-4-13(11)26-18/h5-8H,2-4H2,1H3,(H2,21,24)(H,22,23). The molecular formula is C18H16Br2N2O3S. The molecule has 2 aromatic rings. The normalized spacial score (nSPS) is 13.0. The van der Waals surface area contributed by atoms with E-state index in [0.29, 0.717) is 16.3 Å².